The molecule has 0 radical (unpaired) electrons. The first kappa shape index (κ1) is 14.8. The number of para-hydroxylation sites is 1. The maximum absolute atomic E-state index is 13.3. The molecule has 5 rings (SSSR count). The lowest BCUT2D eigenvalue weighted by Gasteiger charge is -2.33. The molecule has 3 fully saturated rings. The summed E-state index contributed by atoms with van der Waals surface area (Å²) < 4.78 is 6.17. The van der Waals surface area contributed by atoms with E-state index in [2.05, 4.69) is 36.9 Å². The Kier molecular flexibility index (Phi) is 3.08. The van der Waals surface area contributed by atoms with E-state index in [9.17, 15) is 4.79 Å². The van der Waals surface area contributed by atoms with Crippen molar-refractivity contribution in [2.24, 2.45) is 11.3 Å². The molecule has 3 nitrogen and oxygen atoms in total. The molecule has 0 bridgehead atoms. The van der Waals surface area contributed by atoms with Crippen LogP contribution in [-0.4, -0.2) is 23.5 Å². The molecule has 1 heterocycles. The van der Waals surface area contributed by atoms with Crippen LogP contribution in [0.5, 0.6) is 5.75 Å². The van der Waals surface area contributed by atoms with Crippen molar-refractivity contribution in [2.75, 3.05) is 6.61 Å². The number of nitrogens with zero attached hydrogens (tertiary/aromatic N) is 1. The number of hydrogen-bond acceptors (Lipinski definition) is 2. The lowest BCUT2D eigenvalue weighted by atomic mass is 9.93. The van der Waals surface area contributed by atoms with Gasteiger partial charge in [-0.3, -0.25) is 4.79 Å². The summed E-state index contributed by atoms with van der Waals surface area (Å²) in [6, 6.07) is 7.24. The van der Waals surface area contributed by atoms with Crippen molar-refractivity contribution in [1.29, 1.82) is 0 Å². The first-order valence-corrected chi connectivity index (χ1v) is 9.70. The summed E-state index contributed by atoms with van der Waals surface area (Å²) in [5.74, 6) is 2.69. The summed E-state index contributed by atoms with van der Waals surface area (Å²) in [6.07, 6.45) is 6.74. The molecule has 3 saturated carbocycles. The number of amides is 1. The van der Waals surface area contributed by atoms with Gasteiger partial charge in [-0.1, -0.05) is 32.0 Å². The monoisotopic (exact) mass is 325 g/mol. The van der Waals surface area contributed by atoms with E-state index < -0.39 is 0 Å². The number of carbonyl (C=O) groups is 1. The smallest absolute Gasteiger partial charge is 0.229 e. The van der Waals surface area contributed by atoms with Gasteiger partial charge in [0.05, 0.1) is 18.1 Å². The molecule has 128 valence electrons. The van der Waals surface area contributed by atoms with E-state index in [1.165, 1.54) is 24.0 Å². The second-order valence-electron chi connectivity index (χ2n) is 8.63. The number of fused-ring (bicyclic) bond motifs is 2. The minimum atomic E-state index is 0.0750. The standard InChI is InChI=1S/C21H27NO2/c1-13(2)16-5-3-6-17-18(7-4-10-24-19(16)17)22(15-8-9-15)20(23)21-11-14(21)12-21/h3,5-6,13-15,18H,4,7-12H2,1-2H3. The molecular formula is C21H27NO2. The highest BCUT2D eigenvalue weighted by Gasteiger charge is 2.76. The summed E-state index contributed by atoms with van der Waals surface area (Å²) in [5.41, 5.74) is 2.62. The largest absolute Gasteiger partial charge is 0.493 e. The predicted molar refractivity (Wildman–Crippen MR) is 93.0 cm³/mol. The van der Waals surface area contributed by atoms with Crippen molar-refractivity contribution in [2.45, 2.75) is 70.4 Å². The van der Waals surface area contributed by atoms with E-state index in [0.29, 0.717) is 17.9 Å². The van der Waals surface area contributed by atoms with Crippen LogP contribution in [0.1, 0.15) is 75.5 Å². The molecule has 0 saturated heterocycles. The Bertz CT molecular complexity index is 685. The summed E-state index contributed by atoms with van der Waals surface area (Å²) in [6.45, 7) is 5.22. The third kappa shape index (κ3) is 2.13. The van der Waals surface area contributed by atoms with E-state index in [1.807, 2.05) is 0 Å². The fraction of sp³-hybridized carbons (Fsp3) is 0.667. The van der Waals surface area contributed by atoms with Crippen molar-refractivity contribution < 1.29 is 9.53 Å². The van der Waals surface area contributed by atoms with E-state index >= 15 is 0 Å². The highest BCUT2D eigenvalue weighted by Crippen LogP contribution is 2.76. The molecule has 1 aromatic carbocycles. The first-order valence-electron chi connectivity index (χ1n) is 9.70. The highest BCUT2D eigenvalue weighted by molar-refractivity contribution is 5.91. The van der Waals surface area contributed by atoms with Gasteiger partial charge >= 0.3 is 0 Å². The van der Waals surface area contributed by atoms with Gasteiger partial charge in [0.15, 0.2) is 0 Å². The fourth-order valence-electron chi connectivity index (χ4n) is 4.58. The summed E-state index contributed by atoms with van der Waals surface area (Å²) >= 11 is 0. The maximum Gasteiger partial charge on any atom is 0.229 e. The zero-order valence-corrected chi connectivity index (χ0v) is 14.8. The molecule has 1 unspecified atom stereocenters. The Morgan fingerprint density at radius 2 is 2.00 bits per heavy atom. The van der Waals surface area contributed by atoms with Crippen molar-refractivity contribution >= 4 is 5.91 Å². The topological polar surface area (TPSA) is 29.5 Å². The summed E-state index contributed by atoms with van der Waals surface area (Å²) in [5, 5.41) is 0. The maximum atomic E-state index is 13.3. The zero-order chi connectivity index (χ0) is 16.5. The van der Waals surface area contributed by atoms with Crippen LogP contribution in [-0.2, 0) is 4.79 Å². The molecule has 0 N–H and O–H groups in total. The average Bonchev–Trinajstić information content (AvgIpc) is 3.41. The average molecular weight is 325 g/mol. The van der Waals surface area contributed by atoms with Crippen LogP contribution < -0.4 is 4.74 Å². The van der Waals surface area contributed by atoms with E-state index in [0.717, 1.165) is 44.0 Å². The SMILES string of the molecule is CC(C)c1cccc2c1OCCCC2N(C(=O)C12CC1C2)C1CC1. The van der Waals surface area contributed by atoms with Gasteiger partial charge in [0.1, 0.15) is 5.75 Å². The summed E-state index contributed by atoms with van der Waals surface area (Å²) in [7, 11) is 0. The first-order chi connectivity index (χ1) is 11.6. The molecular weight excluding hydrogens is 298 g/mol. The fourth-order valence-corrected chi connectivity index (χ4v) is 4.58. The Hall–Kier alpha value is -1.51. The number of hydrogen-bond donors (Lipinski definition) is 0. The van der Waals surface area contributed by atoms with E-state index in [-0.39, 0.29) is 11.5 Å². The normalized spacial score (nSPS) is 33.1. The van der Waals surface area contributed by atoms with Gasteiger partial charge in [-0.15, -0.1) is 0 Å². The molecule has 1 aromatic rings. The zero-order valence-electron chi connectivity index (χ0n) is 14.8. The van der Waals surface area contributed by atoms with Crippen molar-refractivity contribution in [3.63, 3.8) is 0 Å². The second kappa shape index (κ2) is 5.00. The third-order valence-corrected chi connectivity index (χ3v) is 6.54. The highest BCUT2D eigenvalue weighted by atomic mass is 16.5. The molecule has 0 aromatic heterocycles. The Balaban J connectivity index is 1.55. The second-order valence-corrected chi connectivity index (χ2v) is 8.63. The molecule has 24 heavy (non-hydrogen) atoms. The minimum Gasteiger partial charge on any atom is -0.493 e. The van der Waals surface area contributed by atoms with Gasteiger partial charge in [0, 0.05) is 11.6 Å². The number of ether oxygens (including phenoxy) is 1. The Morgan fingerprint density at radius 1 is 1.25 bits per heavy atom. The van der Waals surface area contributed by atoms with Crippen LogP contribution >= 0.6 is 0 Å². The van der Waals surface area contributed by atoms with Crippen molar-refractivity contribution in [1.82, 2.24) is 4.90 Å². The number of benzene rings is 1. The van der Waals surface area contributed by atoms with E-state index in [1.54, 1.807) is 0 Å². The van der Waals surface area contributed by atoms with Gasteiger partial charge < -0.3 is 9.64 Å². The molecule has 1 amide bonds. The van der Waals surface area contributed by atoms with Gasteiger partial charge in [-0.25, -0.2) is 0 Å². The summed E-state index contributed by atoms with van der Waals surface area (Å²) in [4.78, 5) is 15.6. The van der Waals surface area contributed by atoms with Crippen LogP contribution in [0.3, 0.4) is 0 Å². The van der Waals surface area contributed by atoms with Gasteiger partial charge in [0.2, 0.25) is 5.91 Å². The lowest BCUT2D eigenvalue weighted by Crippen LogP contribution is -2.39. The lowest BCUT2D eigenvalue weighted by molar-refractivity contribution is -0.138. The van der Waals surface area contributed by atoms with Gasteiger partial charge in [0.25, 0.3) is 0 Å². The van der Waals surface area contributed by atoms with Crippen LogP contribution in [0, 0.1) is 11.3 Å². The molecule has 1 atom stereocenters. The Labute approximate surface area is 144 Å². The van der Waals surface area contributed by atoms with Crippen LogP contribution in [0.25, 0.3) is 0 Å². The number of rotatable bonds is 4. The van der Waals surface area contributed by atoms with Crippen molar-refractivity contribution in [3.8, 4) is 5.75 Å². The predicted octanol–water partition coefficient (Wildman–Crippen LogP) is 4.42. The Morgan fingerprint density at radius 3 is 2.62 bits per heavy atom. The third-order valence-electron chi connectivity index (χ3n) is 6.54. The van der Waals surface area contributed by atoms with Crippen LogP contribution in [0.2, 0.25) is 0 Å². The molecule has 3 heteroatoms. The van der Waals surface area contributed by atoms with Gasteiger partial charge in [-0.2, -0.15) is 0 Å². The van der Waals surface area contributed by atoms with Crippen LogP contribution in [0.4, 0.5) is 0 Å². The molecule has 3 aliphatic carbocycles. The molecule has 4 aliphatic rings. The number of carbonyl (C=O) groups excluding carboxylic acids is 1. The van der Waals surface area contributed by atoms with Crippen LogP contribution in [0.15, 0.2) is 18.2 Å². The minimum absolute atomic E-state index is 0.0750. The quantitative estimate of drug-likeness (QED) is 0.820. The molecule has 0 spiro atoms. The van der Waals surface area contributed by atoms with E-state index in [4.69, 9.17) is 4.74 Å². The molecule has 1 aliphatic heterocycles. The van der Waals surface area contributed by atoms with Gasteiger partial charge in [-0.05, 0) is 55.9 Å². The van der Waals surface area contributed by atoms with Crippen molar-refractivity contribution in [3.05, 3.63) is 29.3 Å².